The molecular weight excluding hydrogens is 555 g/mol. The summed E-state index contributed by atoms with van der Waals surface area (Å²) in [5, 5.41) is 5.07. The summed E-state index contributed by atoms with van der Waals surface area (Å²) in [6.07, 6.45) is 1.87. The van der Waals surface area contributed by atoms with Crippen molar-refractivity contribution < 1.29 is 0 Å². The topological polar surface area (TPSA) is 30.7 Å². The average Bonchev–Trinajstić information content (AvgIpc) is 3.65. The van der Waals surface area contributed by atoms with Crippen LogP contribution >= 0.6 is 11.3 Å². The molecule has 0 aliphatic rings. The van der Waals surface area contributed by atoms with Crippen molar-refractivity contribution in [1.29, 1.82) is 0 Å². The summed E-state index contributed by atoms with van der Waals surface area (Å²) in [4.78, 5) is 9.98. The van der Waals surface area contributed by atoms with E-state index < -0.39 is 0 Å². The van der Waals surface area contributed by atoms with Crippen LogP contribution in [0.3, 0.4) is 0 Å². The van der Waals surface area contributed by atoms with Crippen LogP contribution in [0.2, 0.25) is 0 Å². The summed E-state index contributed by atoms with van der Waals surface area (Å²) in [7, 11) is 0. The lowest BCUT2D eigenvalue weighted by Gasteiger charge is -2.10. The minimum atomic E-state index is 0.672. The fraction of sp³-hybridized carbons (Fsp3) is 0. The van der Waals surface area contributed by atoms with E-state index in [1.165, 1.54) is 47.6 Å². The molecule has 6 aromatic carbocycles. The van der Waals surface area contributed by atoms with Gasteiger partial charge in [-0.1, -0.05) is 109 Å². The molecule has 0 unspecified atom stereocenters. The molecule has 0 N–H and O–H groups in total. The average molecular weight is 580 g/mol. The smallest absolute Gasteiger partial charge is 0.235 e. The molecule has 0 aliphatic heterocycles. The van der Waals surface area contributed by atoms with Gasteiger partial charge < -0.3 is 0 Å². The highest BCUT2D eigenvalue weighted by Crippen LogP contribution is 2.43. The van der Waals surface area contributed by atoms with Crippen molar-refractivity contribution in [3.8, 4) is 39.5 Å². The third-order valence-electron chi connectivity index (χ3n) is 8.48. The van der Waals surface area contributed by atoms with Crippen LogP contribution in [0.1, 0.15) is 0 Å². The quantitative estimate of drug-likeness (QED) is 0.208. The molecule has 4 heteroatoms. The minimum absolute atomic E-state index is 0.672. The molecule has 9 aromatic rings. The third kappa shape index (κ3) is 3.96. The molecule has 0 radical (unpaired) electrons. The lowest BCUT2D eigenvalue weighted by atomic mass is 9.97. The van der Waals surface area contributed by atoms with Gasteiger partial charge in [0.2, 0.25) is 5.95 Å². The maximum Gasteiger partial charge on any atom is 0.235 e. The van der Waals surface area contributed by atoms with Crippen LogP contribution in [-0.4, -0.2) is 14.5 Å². The molecular formula is C40H25N3S. The van der Waals surface area contributed by atoms with E-state index in [0.29, 0.717) is 5.95 Å². The van der Waals surface area contributed by atoms with Crippen LogP contribution in [0, 0.1) is 0 Å². The number of hydrogen-bond acceptors (Lipinski definition) is 3. The van der Waals surface area contributed by atoms with Gasteiger partial charge in [0.15, 0.2) is 0 Å². The lowest BCUT2D eigenvalue weighted by Crippen LogP contribution is -2.01. The molecule has 44 heavy (non-hydrogen) atoms. The van der Waals surface area contributed by atoms with Gasteiger partial charge in [0, 0.05) is 42.7 Å². The Bertz CT molecular complexity index is 2510. The van der Waals surface area contributed by atoms with Crippen molar-refractivity contribution in [2.75, 3.05) is 0 Å². The monoisotopic (exact) mass is 579 g/mol. The van der Waals surface area contributed by atoms with E-state index in [1.807, 2.05) is 23.6 Å². The SMILES string of the molecule is c1ccc(-c2cccc(-c3cccc(-c4ccnc(-n5c6ccccc6c6c7sc8ccccc8c7ccc65)n4)c3)c2)cc1. The van der Waals surface area contributed by atoms with Crippen molar-refractivity contribution in [1.82, 2.24) is 14.5 Å². The number of nitrogens with zero attached hydrogens (tertiary/aromatic N) is 3. The summed E-state index contributed by atoms with van der Waals surface area (Å²) in [5.74, 6) is 0.672. The van der Waals surface area contributed by atoms with Crippen molar-refractivity contribution in [3.63, 3.8) is 0 Å². The number of benzene rings is 6. The van der Waals surface area contributed by atoms with E-state index >= 15 is 0 Å². The Morgan fingerprint density at radius 3 is 1.98 bits per heavy atom. The second-order valence-electron chi connectivity index (χ2n) is 11.1. The van der Waals surface area contributed by atoms with Gasteiger partial charge in [-0.2, -0.15) is 0 Å². The first-order chi connectivity index (χ1) is 21.8. The van der Waals surface area contributed by atoms with Gasteiger partial charge in [-0.3, -0.25) is 4.57 Å². The zero-order valence-corrected chi connectivity index (χ0v) is 24.5. The highest BCUT2D eigenvalue weighted by molar-refractivity contribution is 7.26. The van der Waals surface area contributed by atoms with E-state index in [-0.39, 0.29) is 0 Å². The molecule has 0 bridgehead atoms. The van der Waals surface area contributed by atoms with Gasteiger partial charge in [-0.05, 0) is 58.7 Å². The van der Waals surface area contributed by atoms with Crippen molar-refractivity contribution in [2.24, 2.45) is 0 Å². The zero-order valence-electron chi connectivity index (χ0n) is 23.7. The predicted molar refractivity (Wildman–Crippen MR) is 186 cm³/mol. The molecule has 0 saturated heterocycles. The van der Waals surface area contributed by atoms with Crippen molar-refractivity contribution >= 4 is 53.3 Å². The minimum Gasteiger partial charge on any atom is -0.278 e. The van der Waals surface area contributed by atoms with Gasteiger partial charge in [-0.25, -0.2) is 9.97 Å². The van der Waals surface area contributed by atoms with Crippen molar-refractivity contribution in [2.45, 2.75) is 0 Å². The third-order valence-corrected chi connectivity index (χ3v) is 9.69. The molecule has 0 amide bonds. The number of thiophene rings is 1. The number of fused-ring (bicyclic) bond motifs is 7. The van der Waals surface area contributed by atoms with Gasteiger partial charge in [0.1, 0.15) is 0 Å². The summed E-state index contributed by atoms with van der Waals surface area (Å²) >= 11 is 1.86. The highest BCUT2D eigenvalue weighted by Gasteiger charge is 2.18. The van der Waals surface area contributed by atoms with Gasteiger partial charge in [0.05, 0.1) is 16.7 Å². The summed E-state index contributed by atoms with van der Waals surface area (Å²) in [5.41, 5.74) is 8.93. The molecule has 9 rings (SSSR count). The first-order valence-electron chi connectivity index (χ1n) is 14.7. The van der Waals surface area contributed by atoms with Crippen LogP contribution in [0.4, 0.5) is 0 Å². The van der Waals surface area contributed by atoms with Crippen LogP contribution < -0.4 is 0 Å². The molecule has 3 heterocycles. The summed E-state index contributed by atoms with van der Waals surface area (Å²) in [6, 6.07) is 51.6. The van der Waals surface area contributed by atoms with E-state index in [0.717, 1.165) is 27.9 Å². The highest BCUT2D eigenvalue weighted by atomic mass is 32.1. The number of hydrogen-bond donors (Lipinski definition) is 0. The molecule has 3 aromatic heterocycles. The Morgan fingerprint density at radius 1 is 0.477 bits per heavy atom. The molecule has 0 saturated carbocycles. The van der Waals surface area contributed by atoms with Gasteiger partial charge >= 0.3 is 0 Å². The fourth-order valence-corrected chi connectivity index (χ4v) is 7.69. The Hall–Kier alpha value is -5.58. The predicted octanol–water partition coefficient (Wildman–Crippen LogP) is 10.9. The van der Waals surface area contributed by atoms with Crippen LogP contribution in [-0.2, 0) is 0 Å². The Morgan fingerprint density at radius 2 is 1.14 bits per heavy atom. The standard InChI is InChI=1S/C40H25N3S/c1-2-10-26(11-3-1)27-12-8-13-28(24-27)29-14-9-15-30(25-29)34-22-23-41-40(42-34)43-35-18-6-4-17-33(35)38-36(43)21-20-32-31-16-5-7-19-37(31)44-39(32)38/h1-25H. The summed E-state index contributed by atoms with van der Waals surface area (Å²) < 4.78 is 4.82. The Labute approximate surface area is 258 Å². The largest absolute Gasteiger partial charge is 0.278 e. The molecule has 0 aliphatic carbocycles. The van der Waals surface area contributed by atoms with E-state index in [4.69, 9.17) is 9.97 Å². The van der Waals surface area contributed by atoms with E-state index in [9.17, 15) is 0 Å². The maximum absolute atomic E-state index is 5.16. The number of rotatable bonds is 4. The molecule has 0 fully saturated rings. The fourth-order valence-electron chi connectivity index (χ4n) is 6.43. The second kappa shape index (κ2) is 10.0. The van der Waals surface area contributed by atoms with E-state index in [1.54, 1.807) is 0 Å². The van der Waals surface area contributed by atoms with E-state index in [2.05, 4.69) is 144 Å². The molecule has 0 atom stereocenters. The molecule has 3 nitrogen and oxygen atoms in total. The van der Waals surface area contributed by atoms with Gasteiger partial charge in [0.25, 0.3) is 0 Å². The van der Waals surface area contributed by atoms with Crippen molar-refractivity contribution in [3.05, 3.63) is 152 Å². The Kier molecular flexibility index (Phi) is 5.68. The number of aromatic nitrogens is 3. The zero-order chi connectivity index (χ0) is 29.0. The molecule has 206 valence electrons. The van der Waals surface area contributed by atoms with Crippen LogP contribution in [0.15, 0.2) is 152 Å². The first-order valence-corrected chi connectivity index (χ1v) is 15.6. The Balaban J connectivity index is 1.19. The second-order valence-corrected chi connectivity index (χ2v) is 12.1. The number of para-hydroxylation sites is 1. The summed E-state index contributed by atoms with van der Waals surface area (Å²) in [6.45, 7) is 0. The van der Waals surface area contributed by atoms with Crippen LogP contribution in [0.25, 0.3) is 81.4 Å². The van der Waals surface area contributed by atoms with Crippen LogP contribution in [0.5, 0.6) is 0 Å². The molecule has 0 spiro atoms. The van der Waals surface area contributed by atoms with Gasteiger partial charge in [-0.15, -0.1) is 11.3 Å². The lowest BCUT2D eigenvalue weighted by molar-refractivity contribution is 0.992. The maximum atomic E-state index is 5.16. The first kappa shape index (κ1) is 25.0. The normalized spacial score (nSPS) is 11.6.